The maximum Gasteiger partial charge on any atom is 0.322 e. The van der Waals surface area contributed by atoms with Crippen LogP contribution in [0.1, 0.15) is 12.2 Å². The summed E-state index contributed by atoms with van der Waals surface area (Å²) in [6.45, 7) is 0.576. The number of nitrogens with one attached hydrogen (secondary N) is 1. The van der Waals surface area contributed by atoms with Crippen molar-refractivity contribution in [3.8, 4) is 6.07 Å². The first kappa shape index (κ1) is 16.2. The zero-order chi connectivity index (χ0) is 15.9. The van der Waals surface area contributed by atoms with Crippen molar-refractivity contribution in [3.05, 3.63) is 52.4 Å². The molecular formula is C15H13Cl2N3O2. The second-order valence-electron chi connectivity index (χ2n) is 4.47. The summed E-state index contributed by atoms with van der Waals surface area (Å²) in [5, 5.41) is 12.2. The zero-order valence-electron chi connectivity index (χ0n) is 11.6. The Morgan fingerprint density at radius 3 is 2.77 bits per heavy atom. The minimum Gasteiger partial charge on any atom is -0.467 e. The predicted molar refractivity (Wildman–Crippen MR) is 84.8 cm³/mol. The summed E-state index contributed by atoms with van der Waals surface area (Å²) < 4.78 is 5.24. The molecule has 0 radical (unpaired) electrons. The van der Waals surface area contributed by atoms with Gasteiger partial charge in [0.2, 0.25) is 0 Å². The Bertz CT molecular complexity index is 681. The number of nitriles is 1. The van der Waals surface area contributed by atoms with Gasteiger partial charge in [-0.3, -0.25) is 0 Å². The molecule has 0 saturated carbocycles. The van der Waals surface area contributed by atoms with Crippen LogP contribution in [0.5, 0.6) is 0 Å². The number of nitrogens with zero attached hydrogens (tertiary/aromatic N) is 2. The number of urea groups is 1. The minimum atomic E-state index is -0.343. The molecule has 0 bridgehead atoms. The van der Waals surface area contributed by atoms with Crippen LogP contribution in [0.2, 0.25) is 10.0 Å². The third-order valence-corrected chi connectivity index (χ3v) is 3.62. The summed E-state index contributed by atoms with van der Waals surface area (Å²) in [6.07, 6.45) is 1.77. The van der Waals surface area contributed by atoms with E-state index in [2.05, 4.69) is 5.32 Å². The SMILES string of the molecule is N#CCCN(Cc1ccco1)C(=O)Nc1ccc(Cl)c(Cl)c1. The summed E-state index contributed by atoms with van der Waals surface area (Å²) in [7, 11) is 0. The molecule has 0 spiro atoms. The lowest BCUT2D eigenvalue weighted by Crippen LogP contribution is -2.35. The molecule has 0 aliphatic carbocycles. The van der Waals surface area contributed by atoms with E-state index < -0.39 is 0 Å². The van der Waals surface area contributed by atoms with E-state index in [1.54, 1.807) is 30.3 Å². The van der Waals surface area contributed by atoms with E-state index in [1.165, 1.54) is 11.2 Å². The molecule has 1 heterocycles. The van der Waals surface area contributed by atoms with Crippen molar-refractivity contribution in [2.24, 2.45) is 0 Å². The monoisotopic (exact) mass is 337 g/mol. The molecule has 0 atom stereocenters. The van der Waals surface area contributed by atoms with Gasteiger partial charge in [-0.1, -0.05) is 23.2 Å². The van der Waals surface area contributed by atoms with Gasteiger partial charge in [-0.2, -0.15) is 5.26 Å². The quantitative estimate of drug-likeness (QED) is 0.870. The number of furan rings is 1. The molecule has 114 valence electrons. The Balaban J connectivity index is 2.07. The van der Waals surface area contributed by atoms with E-state index >= 15 is 0 Å². The molecule has 1 aromatic carbocycles. The molecular weight excluding hydrogens is 325 g/mol. The lowest BCUT2D eigenvalue weighted by molar-refractivity contribution is 0.205. The Hall–Kier alpha value is -2.16. The van der Waals surface area contributed by atoms with E-state index in [-0.39, 0.29) is 19.0 Å². The molecule has 0 aliphatic rings. The number of rotatable bonds is 5. The third-order valence-electron chi connectivity index (χ3n) is 2.88. The first-order valence-corrected chi connectivity index (χ1v) is 7.26. The Morgan fingerprint density at radius 2 is 2.14 bits per heavy atom. The highest BCUT2D eigenvalue weighted by Crippen LogP contribution is 2.25. The lowest BCUT2D eigenvalue weighted by Gasteiger charge is -2.21. The van der Waals surface area contributed by atoms with Crippen LogP contribution < -0.4 is 5.32 Å². The molecule has 0 fully saturated rings. The van der Waals surface area contributed by atoms with Crippen molar-refractivity contribution < 1.29 is 9.21 Å². The fraction of sp³-hybridized carbons (Fsp3) is 0.200. The van der Waals surface area contributed by atoms with Crippen molar-refractivity contribution in [1.29, 1.82) is 5.26 Å². The molecule has 1 N–H and O–H groups in total. The maximum atomic E-state index is 12.3. The number of benzene rings is 1. The molecule has 0 unspecified atom stereocenters. The highest BCUT2D eigenvalue weighted by atomic mass is 35.5. The third kappa shape index (κ3) is 4.42. The molecule has 2 aromatic rings. The zero-order valence-corrected chi connectivity index (χ0v) is 13.1. The van der Waals surface area contributed by atoms with Gasteiger partial charge in [0.1, 0.15) is 5.76 Å². The first-order valence-electron chi connectivity index (χ1n) is 6.50. The Morgan fingerprint density at radius 1 is 1.32 bits per heavy atom. The van der Waals surface area contributed by atoms with Gasteiger partial charge in [0.25, 0.3) is 0 Å². The Kier molecular flexibility index (Phi) is 5.70. The number of carbonyl (C=O) groups excluding carboxylic acids is 1. The fourth-order valence-electron chi connectivity index (χ4n) is 1.80. The lowest BCUT2D eigenvalue weighted by atomic mass is 10.3. The largest absolute Gasteiger partial charge is 0.467 e. The van der Waals surface area contributed by atoms with Crippen LogP contribution in [0.25, 0.3) is 0 Å². The number of halogens is 2. The summed E-state index contributed by atoms with van der Waals surface area (Å²) >= 11 is 11.8. The van der Waals surface area contributed by atoms with Crippen LogP contribution in [0, 0.1) is 11.3 Å². The molecule has 2 rings (SSSR count). The standard InChI is InChI=1S/C15H13Cl2N3O2/c16-13-5-4-11(9-14(13)17)19-15(21)20(7-2-6-18)10-12-3-1-8-22-12/h1,3-5,8-9H,2,7,10H2,(H,19,21). The molecule has 5 nitrogen and oxygen atoms in total. The minimum absolute atomic E-state index is 0.232. The van der Waals surface area contributed by atoms with E-state index in [1.807, 2.05) is 6.07 Å². The normalized spacial score (nSPS) is 10.0. The molecule has 0 aliphatic heterocycles. The average molecular weight is 338 g/mol. The van der Waals surface area contributed by atoms with Gasteiger partial charge in [0.05, 0.1) is 35.3 Å². The van der Waals surface area contributed by atoms with Gasteiger partial charge >= 0.3 is 6.03 Å². The average Bonchev–Trinajstić information content (AvgIpc) is 3.00. The number of hydrogen-bond acceptors (Lipinski definition) is 3. The molecule has 22 heavy (non-hydrogen) atoms. The first-order chi connectivity index (χ1) is 10.6. The molecule has 0 saturated heterocycles. The van der Waals surface area contributed by atoms with Gasteiger partial charge in [-0.25, -0.2) is 4.79 Å². The molecule has 2 amide bonds. The topological polar surface area (TPSA) is 69.3 Å². The van der Waals surface area contributed by atoms with Crippen LogP contribution in [-0.4, -0.2) is 17.5 Å². The summed E-state index contributed by atoms with van der Waals surface area (Å²) in [5.74, 6) is 0.641. The van der Waals surface area contributed by atoms with E-state index in [0.717, 1.165) is 0 Å². The second kappa shape index (κ2) is 7.74. The van der Waals surface area contributed by atoms with Gasteiger partial charge in [0.15, 0.2) is 0 Å². The van der Waals surface area contributed by atoms with Crippen LogP contribution in [0.15, 0.2) is 41.0 Å². The second-order valence-corrected chi connectivity index (χ2v) is 5.28. The highest BCUT2D eigenvalue weighted by Gasteiger charge is 2.15. The van der Waals surface area contributed by atoms with Crippen LogP contribution in [0.3, 0.4) is 0 Å². The van der Waals surface area contributed by atoms with Gasteiger partial charge in [-0.15, -0.1) is 0 Å². The molecule has 7 heteroatoms. The van der Waals surface area contributed by atoms with Gasteiger partial charge in [0, 0.05) is 12.2 Å². The molecule has 1 aromatic heterocycles. The van der Waals surface area contributed by atoms with E-state index in [4.69, 9.17) is 32.9 Å². The van der Waals surface area contributed by atoms with Crippen LogP contribution in [-0.2, 0) is 6.54 Å². The van der Waals surface area contributed by atoms with Crippen LogP contribution >= 0.6 is 23.2 Å². The highest BCUT2D eigenvalue weighted by molar-refractivity contribution is 6.42. The van der Waals surface area contributed by atoms with Crippen LogP contribution in [0.4, 0.5) is 10.5 Å². The van der Waals surface area contributed by atoms with Crippen molar-refractivity contribution in [2.75, 3.05) is 11.9 Å². The maximum absolute atomic E-state index is 12.3. The summed E-state index contributed by atoms with van der Waals surface area (Å²) in [5.41, 5.74) is 0.529. The number of anilines is 1. The van der Waals surface area contributed by atoms with Gasteiger partial charge < -0.3 is 14.6 Å². The Labute approximate surface area is 138 Å². The van der Waals surface area contributed by atoms with Gasteiger partial charge in [-0.05, 0) is 30.3 Å². The summed E-state index contributed by atoms with van der Waals surface area (Å²) in [4.78, 5) is 13.8. The number of amides is 2. The fourth-order valence-corrected chi connectivity index (χ4v) is 2.10. The van der Waals surface area contributed by atoms with Crippen molar-refractivity contribution in [1.82, 2.24) is 4.90 Å². The van der Waals surface area contributed by atoms with Crippen molar-refractivity contribution in [3.63, 3.8) is 0 Å². The number of hydrogen-bond donors (Lipinski definition) is 1. The smallest absolute Gasteiger partial charge is 0.322 e. The van der Waals surface area contributed by atoms with E-state index in [9.17, 15) is 4.79 Å². The van der Waals surface area contributed by atoms with E-state index in [0.29, 0.717) is 28.0 Å². The number of carbonyl (C=O) groups is 1. The summed E-state index contributed by atoms with van der Waals surface area (Å²) in [6, 6.07) is 10.0. The predicted octanol–water partition coefficient (Wildman–Crippen LogP) is 4.53. The van der Waals surface area contributed by atoms with Crippen molar-refractivity contribution in [2.45, 2.75) is 13.0 Å². The van der Waals surface area contributed by atoms with Crippen molar-refractivity contribution >= 4 is 34.9 Å².